The van der Waals surface area contributed by atoms with Gasteiger partial charge in [0.1, 0.15) is 0 Å². The lowest BCUT2D eigenvalue weighted by molar-refractivity contribution is -0.136. The van der Waals surface area contributed by atoms with Crippen LogP contribution in [0.4, 0.5) is 0 Å². The van der Waals surface area contributed by atoms with Gasteiger partial charge >= 0.3 is 0 Å². The van der Waals surface area contributed by atoms with Crippen molar-refractivity contribution in [2.24, 2.45) is 29.6 Å². The van der Waals surface area contributed by atoms with Gasteiger partial charge in [-0.15, -0.1) is 0 Å². The van der Waals surface area contributed by atoms with Crippen LogP contribution in [0.2, 0.25) is 0 Å². The van der Waals surface area contributed by atoms with Crippen molar-refractivity contribution in [3.05, 3.63) is 42.4 Å². The van der Waals surface area contributed by atoms with Crippen LogP contribution < -0.4 is 5.32 Å². The Morgan fingerprint density at radius 3 is 2.69 bits per heavy atom. The molecule has 4 atom stereocenters. The van der Waals surface area contributed by atoms with Gasteiger partial charge in [0, 0.05) is 17.5 Å². The zero-order valence-electron chi connectivity index (χ0n) is 20.7. The number of nitrogens with zero attached hydrogens (tertiary/aromatic N) is 2. The summed E-state index contributed by atoms with van der Waals surface area (Å²) >= 11 is 0. The Labute approximate surface area is 208 Å². The topological polar surface area (TPSA) is 67.2 Å². The summed E-state index contributed by atoms with van der Waals surface area (Å²) in [5, 5.41) is 15.3. The maximum atomic E-state index is 13.1. The summed E-state index contributed by atoms with van der Waals surface area (Å²) in [7, 11) is 0. The number of benzene rings is 1. The van der Waals surface area contributed by atoms with Gasteiger partial charge < -0.3 is 15.0 Å². The predicted molar refractivity (Wildman–Crippen MR) is 136 cm³/mol. The van der Waals surface area contributed by atoms with Gasteiger partial charge in [-0.25, -0.2) is 4.98 Å². The van der Waals surface area contributed by atoms with E-state index in [0.717, 1.165) is 38.0 Å². The first kappa shape index (κ1) is 22.1. The molecule has 3 unspecified atom stereocenters. The molecule has 5 heteroatoms. The quantitative estimate of drug-likeness (QED) is 0.583. The fourth-order valence-corrected chi connectivity index (χ4v) is 9.40. The minimum atomic E-state index is -0.314. The van der Waals surface area contributed by atoms with E-state index in [4.69, 9.17) is 0 Å². The van der Waals surface area contributed by atoms with Crippen molar-refractivity contribution in [2.45, 2.75) is 94.7 Å². The van der Waals surface area contributed by atoms with Crippen molar-refractivity contribution in [1.82, 2.24) is 14.9 Å². The lowest BCUT2D eigenvalue weighted by atomic mass is 9.48. The van der Waals surface area contributed by atoms with Crippen LogP contribution in [0.25, 0.3) is 11.3 Å². The molecule has 35 heavy (non-hydrogen) atoms. The first-order valence-electron chi connectivity index (χ1n) is 14.2. The molecule has 5 aliphatic carbocycles. The SMILES string of the molecule is O=C(CC1CCCCC1)NC12CC3CC(C1)C([C@@H](O)CC1c4ccccc4-c4cncn41)C(C3)C2. The van der Waals surface area contributed by atoms with Crippen LogP contribution in [0, 0.1) is 29.6 Å². The third-order valence-corrected chi connectivity index (χ3v) is 10.5. The molecule has 5 saturated carbocycles. The van der Waals surface area contributed by atoms with E-state index in [-0.39, 0.29) is 17.7 Å². The summed E-state index contributed by atoms with van der Waals surface area (Å²) in [6.45, 7) is 0. The molecule has 1 aromatic heterocycles. The molecule has 1 aliphatic heterocycles. The zero-order chi connectivity index (χ0) is 23.6. The first-order chi connectivity index (χ1) is 17.1. The number of hydrogen-bond acceptors (Lipinski definition) is 3. The number of imidazole rings is 1. The summed E-state index contributed by atoms with van der Waals surface area (Å²) in [6, 6.07) is 8.76. The van der Waals surface area contributed by atoms with Gasteiger partial charge in [-0.2, -0.15) is 0 Å². The van der Waals surface area contributed by atoms with Gasteiger partial charge in [-0.05, 0) is 86.5 Å². The van der Waals surface area contributed by atoms with Crippen molar-refractivity contribution in [3.63, 3.8) is 0 Å². The van der Waals surface area contributed by atoms with Crippen LogP contribution in [0.1, 0.15) is 88.7 Å². The van der Waals surface area contributed by atoms with E-state index in [0.29, 0.717) is 29.6 Å². The van der Waals surface area contributed by atoms with E-state index in [9.17, 15) is 9.90 Å². The number of hydrogen-bond donors (Lipinski definition) is 2. The molecule has 8 rings (SSSR count). The van der Waals surface area contributed by atoms with Gasteiger partial charge in [-0.1, -0.05) is 43.5 Å². The van der Waals surface area contributed by atoms with Crippen LogP contribution in [0.15, 0.2) is 36.8 Å². The molecule has 5 fully saturated rings. The summed E-state index contributed by atoms with van der Waals surface area (Å²) in [6.07, 6.45) is 17.2. The molecule has 2 heterocycles. The number of fused-ring (bicyclic) bond motifs is 3. The maximum absolute atomic E-state index is 13.1. The highest BCUT2D eigenvalue weighted by Crippen LogP contribution is 2.60. The van der Waals surface area contributed by atoms with Crippen molar-refractivity contribution < 1.29 is 9.90 Å². The Morgan fingerprint density at radius 2 is 1.89 bits per heavy atom. The molecular weight excluding hydrogens is 434 g/mol. The summed E-state index contributed by atoms with van der Waals surface area (Å²) in [4.78, 5) is 17.5. The molecule has 6 aliphatic rings. The number of aromatic nitrogens is 2. The number of nitrogens with one attached hydrogen (secondary N) is 1. The number of aliphatic hydroxyl groups excluding tert-OH is 1. The summed E-state index contributed by atoms with van der Waals surface area (Å²) < 4.78 is 2.26. The Kier molecular flexibility index (Phi) is 5.34. The number of carbonyl (C=O) groups is 1. The van der Waals surface area contributed by atoms with Crippen LogP contribution in [-0.4, -0.2) is 32.2 Å². The molecule has 1 amide bonds. The second-order valence-corrected chi connectivity index (χ2v) is 12.7. The predicted octanol–water partition coefficient (Wildman–Crippen LogP) is 5.49. The van der Waals surface area contributed by atoms with Crippen molar-refractivity contribution in [3.8, 4) is 11.3 Å². The average Bonchev–Trinajstić information content (AvgIpc) is 3.41. The first-order valence-corrected chi connectivity index (χ1v) is 14.2. The van der Waals surface area contributed by atoms with Crippen molar-refractivity contribution >= 4 is 5.91 Å². The normalized spacial score (nSPS) is 36.1. The number of carbonyl (C=O) groups excluding carboxylic acids is 1. The second-order valence-electron chi connectivity index (χ2n) is 12.7. The highest BCUT2D eigenvalue weighted by atomic mass is 16.3. The summed E-state index contributed by atoms with van der Waals surface area (Å²) in [5.41, 5.74) is 3.74. The molecule has 4 bridgehead atoms. The number of amides is 1. The lowest BCUT2D eigenvalue weighted by Gasteiger charge is -2.61. The molecule has 0 radical (unpaired) electrons. The Balaban J connectivity index is 1.06. The van der Waals surface area contributed by atoms with Crippen LogP contribution in [0.3, 0.4) is 0 Å². The molecule has 5 nitrogen and oxygen atoms in total. The number of aliphatic hydroxyl groups is 1. The largest absolute Gasteiger partial charge is 0.393 e. The highest BCUT2D eigenvalue weighted by molar-refractivity contribution is 5.77. The van der Waals surface area contributed by atoms with Gasteiger partial charge in [-0.3, -0.25) is 4.79 Å². The maximum Gasteiger partial charge on any atom is 0.220 e. The third kappa shape index (κ3) is 3.77. The molecule has 0 saturated heterocycles. The smallest absolute Gasteiger partial charge is 0.220 e. The van der Waals surface area contributed by atoms with Gasteiger partial charge in [0.2, 0.25) is 5.91 Å². The molecular formula is C30H39N3O2. The Bertz CT molecular complexity index is 1090. The minimum Gasteiger partial charge on any atom is -0.393 e. The molecule has 2 N–H and O–H groups in total. The van der Waals surface area contributed by atoms with Gasteiger partial charge in [0.15, 0.2) is 0 Å². The number of rotatable bonds is 6. The van der Waals surface area contributed by atoms with Gasteiger partial charge in [0.05, 0.1) is 30.4 Å². The summed E-state index contributed by atoms with van der Waals surface area (Å²) in [5.74, 6) is 3.03. The van der Waals surface area contributed by atoms with Gasteiger partial charge in [0.25, 0.3) is 0 Å². The van der Waals surface area contributed by atoms with E-state index in [1.165, 1.54) is 61.8 Å². The highest BCUT2D eigenvalue weighted by Gasteiger charge is 2.57. The van der Waals surface area contributed by atoms with Crippen LogP contribution in [0.5, 0.6) is 0 Å². The van der Waals surface area contributed by atoms with Crippen LogP contribution >= 0.6 is 0 Å². The van der Waals surface area contributed by atoms with Crippen molar-refractivity contribution in [1.29, 1.82) is 0 Å². The van der Waals surface area contributed by atoms with E-state index in [1.54, 1.807) is 0 Å². The van der Waals surface area contributed by atoms with Crippen LogP contribution in [-0.2, 0) is 4.79 Å². The third-order valence-electron chi connectivity index (χ3n) is 10.5. The lowest BCUT2D eigenvalue weighted by Crippen LogP contribution is -2.63. The Morgan fingerprint density at radius 1 is 1.11 bits per heavy atom. The fraction of sp³-hybridized carbons (Fsp3) is 0.667. The zero-order valence-corrected chi connectivity index (χ0v) is 20.7. The molecule has 186 valence electrons. The van der Waals surface area contributed by atoms with E-state index in [1.807, 2.05) is 12.5 Å². The minimum absolute atomic E-state index is 0.00402. The standard InChI is InChI=1S/C30H39N3O2/c34-27(13-25-23-8-4-5-9-24(23)26-17-31-18-33(25)26)29-21-10-20-11-22(29)16-30(14-20,15-21)32-28(35)12-19-6-2-1-3-7-19/h4-5,8-9,17-22,25,27,29,34H,1-3,6-7,10-16H2,(H,32,35)/t20?,21?,22?,25?,27-,29?,30?/m0/s1. The Hall–Kier alpha value is -2.14. The van der Waals surface area contributed by atoms with Crippen molar-refractivity contribution in [2.75, 3.05) is 0 Å². The monoisotopic (exact) mass is 473 g/mol. The van der Waals surface area contributed by atoms with E-state index >= 15 is 0 Å². The van der Waals surface area contributed by atoms with E-state index < -0.39 is 0 Å². The average molecular weight is 474 g/mol. The molecule has 1 aromatic carbocycles. The van der Waals surface area contributed by atoms with E-state index in [2.05, 4.69) is 39.1 Å². The fourth-order valence-electron chi connectivity index (χ4n) is 9.40. The molecule has 0 spiro atoms. The second kappa shape index (κ2) is 8.47. The molecule has 2 aromatic rings.